The summed E-state index contributed by atoms with van der Waals surface area (Å²) in [5.74, 6) is 0.128. The zero-order valence-electron chi connectivity index (χ0n) is 35.5. The van der Waals surface area contributed by atoms with Gasteiger partial charge >= 0.3 is 0 Å². The zero-order valence-corrected chi connectivity index (χ0v) is 38.5. The van der Waals surface area contributed by atoms with E-state index in [-0.39, 0.29) is 39.4 Å². The van der Waals surface area contributed by atoms with E-state index in [1.54, 1.807) is 30.7 Å². The van der Waals surface area contributed by atoms with Crippen LogP contribution in [-0.4, -0.2) is 91.0 Å². The lowest BCUT2D eigenvalue weighted by Crippen LogP contribution is -2.54. The van der Waals surface area contributed by atoms with Gasteiger partial charge in [-0.1, -0.05) is 80.2 Å². The van der Waals surface area contributed by atoms with Crippen LogP contribution in [0.25, 0.3) is 28.4 Å². The highest BCUT2D eigenvalue weighted by molar-refractivity contribution is 6.75. The smallest absolute Gasteiger partial charge is 0.257 e. The summed E-state index contributed by atoms with van der Waals surface area (Å²) in [4.78, 5) is 14.5. The largest absolute Gasteiger partial charge is 0.472 e. The van der Waals surface area contributed by atoms with E-state index < -0.39 is 49.5 Å². The zero-order chi connectivity index (χ0) is 40.9. The fourth-order valence-corrected chi connectivity index (χ4v) is 9.01. The first kappa shape index (κ1) is 43.0. The third kappa shape index (κ3) is 9.05. The summed E-state index contributed by atoms with van der Waals surface area (Å²) in [5, 5.41) is 8.50. The number of nitrogens with zero attached hydrogens (tertiary/aromatic N) is 7. The molecule has 0 spiro atoms. The predicted octanol–water partition coefficient (Wildman–Crippen LogP) is 9.48. The van der Waals surface area contributed by atoms with Gasteiger partial charge in [0.15, 0.2) is 42.3 Å². The monoisotopic (exact) mass is 811 g/mol. The lowest BCUT2D eigenvalue weighted by molar-refractivity contribution is -0.0470. The van der Waals surface area contributed by atoms with Crippen LogP contribution in [0.1, 0.15) is 68.5 Å². The van der Waals surface area contributed by atoms with Gasteiger partial charge in [0.05, 0.1) is 19.1 Å². The molecule has 302 valence electrons. The molecule has 0 saturated carbocycles. The quantitative estimate of drug-likeness (QED) is 0.0954. The summed E-state index contributed by atoms with van der Waals surface area (Å²) in [6.07, 6.45) is 2.98. The molecule has 4 atom stereocenters. The molecule has 55 heavy (non-hydrogen) atoms. The van der Waals surface area contributed by atoms with Crippen molar-refractivity contribution in [2.45, 2.75) is 141 Å². The molecule has 1 saturated heterocycles. The van der Waals surface area contributed by atoms with E-state index in [0.29, 0.717) is 29.0 Å². The molecule has 4 aromatic rings. The van der Waals surface area contributed by atoms with Crippen LogP contribution in [0.15, 0.2) is 49.4 Å². The van der Waals surface area contributed by atoms with Crippen LogP contribution in [0.5, 0.6) is 5.88 Å². The van der Waals surface area contributed by atoms with Crippen molar-refractivity contribution in [1.82, 2.24) is 34.5 Å². The van der Waals surface area contributed by atoms with Gasteiger partial charge in [-0.05, 0) is 78.7 Å². The second-order valence-electron chi connectivity index (χ2n) is 19.1. The van der Waals surface area contributed by atoms with Crippen LogP contribution in [0.3, 0.4) is 0 Å². The van der Waals surface area contributed by atoms with Gasteiger partial charge in [-0.25, -0.2) is 9.37 Å². The number of hydrogen-bond acceptors (Lipinski definition) is 10. The van der Waals surface area contributed by atoms with Crippen LogP contribution in [0.2, 0.25) is 54.4 Å². The summed E-state index contributed by atoms with van der Waals surface area (Å²) < 4.78 is 51.9. The highest BCUT2D eigenvalue weighted by Crippen LogP contribution is 2.47. The Morgan fingerprint density at radius 2 is 1.42 bits per heavy atom. The highest BCUT2D eigenvalue weighted by Gasteiger charge is 2.55. The molecule has 0 radical (unpaired) electrons. The number of fused-ring (bicyclic) bond motifs is 1. The highest BCUT2D eigenvalue weighted by atomic mass is 28.4. The molecule has 1 aliphatic rings. The third-order valence-corrected chi connectivity index (χ3v) is 25.5. The summed E-state index contributed by atoms with van der Waals surface area (Å²) in [5.41, 5.74) is 2.14. The van der Waals surface area contributed by atoms with Crippen molar-refractivity contribution in [2.24, 2.45) is 0 Å². The van der Waals surface area contributed by atoms with Gasteiger partial charge < -0.3 is 22.8 Å². The molecule has 0 unspecified atom stereocenters. The molecule has 0 N–H and O–H groups in total. The van der Waals surface area contributed by atoms with Crippen LogP contribution < -0.4 is 4.74 Å². The van der Waals surface area contributed by atoms with Crippen LogP contribution in [0, 0.1) is 5.82 Å². The molecule has 1 aromatic carbocycles. The standard InChI is InChI=1S/C39H62FN7O5Si3/c1-17-22-48-34-30-33(42-36(43-34)47-23-28(44-45-47)26-18-20-27(40)21-19-26)46(25-41-30)35-32(52-55(15,16)39(8,9)10)31(51-54(13,14)38(5,6)7)29(50-35)24-49-53(11,12)37(2,3)4/h17-21,23,25,29,31-32,35H,1,22,24H2,2-16H3/t29-,31-,32-,35-/m1/s1. The number of imidazole rings is 1. The van der Waals surface area contributed by atoms with Crippen molar-refractivity contribution >= 4 is 36.1 Å². The Hall–Kier alpha value is -3.13. The van der Waals surface area contributed by atoms with Gasteiger partial charge in [0, 0.05) is 5.56 Å². The van der Waals surface area contributed by atoms with E-state index >= 15 is 0 Å². The second kappa shape index (κ2) is 15.3. The number of benzene rings is 1. The summed E-state index contributed by atoms with van der Waals surface area (Å²) in [7, 11) is -6.97. The minimum absolute atomic E-state index is 0.00542. The molecule has 3 aromatic heterocycles. The van der Waals surface area contributed by atoms with Crippen molar-refractivity contribution in [3.63, 3.8) is 0 Å². The number of hydrogen-bond donors (Lipinski definition) is 0. The molecule has 1 aliphatic heterocycles. The Kier molecular flexibility index (Phi) is 12.0. The molecule has 0 aliphatic carbocycles. The van der Waals surface area contributed by atoms with Crippen molar-refractivity contribution in [1.29, 1.82) is 0 Å². The van der Waals surface area contributed by atoms with Gasteiger partial charge in [-0.2, -0.15) is 14.6 Å². The molecule has 5 rings (SSSR count). The molecule has 0 amide bonds. The lowest BCUT2D eigenvalue weighted by atomic mass is 10.1. The molecule has 0 bridgehead atoms. The first-order valence-corrected chi connectivity index (χ1v) is 27.8. The maximum absolute atomic E-state index is 13.7. The van der Waals surface area contributed by atoms with Crippen molar-refractivity contribution in [2.75, 3.05) is 13.2 Å². The minimum Gasteiger partial charge on any atom is -0.472 e. The van der Waals surface area contributed by atoms with E-state index in [1.165, 1.54) is 16.8 Å². The van der Waals surface area contributed by atoms with Crippen LogP contribution >= 0.6 is 0 Å². The summed E-state index contributed by atoms with van der Waals surface area (Å²) in [6.45, 7) is 38.1. The van der Waals surface area contributed by atoms with Gasteiger partial charge in [0.1, 0.15) is 36.4 Å². The summed E-state index contributed by atoms with van der Waals surface area (Å²) >= 11 is 0. The average molecular weight is 812 g/mol. The van der Waals surface area contributed by atoms with E-state index in [1.807, 2.05) is 4.57 Å². The lowest BCUT2D eigenvalue weighted by Gasteiger charge is -2.44. The third-order valence-electron chi connectivity index (χ3n) is 12.0. The second-order valence-corrected chi connectivity index (χ2v) is 33.5. The first-order valence-electron chi connectivity index (χ1n) is 19.1. The molecule has 1 fully saturated rings. The van der Waals surface area contributed by atoms with Gasteiger partial charge in [-0.15, -0.1) is 5.10 Å². The molecular formula is C39H62FN7O5Si3. The van der Waals surface area contributed by atoms with E-state index in [0.717, 1.165) is 0 Å². The minimum atomic E-state index is -2.42. The Balaban J connectivity index is 1.67. The maximum Gasteiger partial charge on any atom is 0.257 e. The average Bonchev–Trinajstić information content (AvgIpc) is 3.79. The predicted molar refractivity (Wildman–Crippen MR) is 223 cm³/mol. The van der Waals surface area contributed by atoms with Gasteiger partial charge in [-0.3, -0.25) is 4.57 Å². The Bertz CT molecular complexity index is 1960. The number of rotatable bonds is 13. The molecule has 12 nitrogen and oxygen atoms in total. The Labute approximate surface area is 329 Å². The molecular weight excluding hydrogens is 750 g/mol. The van der Waals surface area contributed by atoms with Crippen molar-refractivity contribution in [3.05, 3.63) is 55.3 Å². The number of halogens is 1. The van der Waals surface area contributed by atoms with E-state index in [2.05, 4.69) is 118 Å². The number of aromatic nitrogens is 7. The van der Waals surface area contributed by atoms with Gasteiger partial charge in [0.25, 0.3) is 5.95 Å². The van der Waals surface area contributed by atoms with Crippen LogP contribution in [-0.2, 0) is 18.0 Å². The van der Waals surface area contributed by atoms with Crippen LogP contribution in [0.4, 0.5) is 4.39 Å². The Morgan fingerprint density at radius 1 is 0.836 bits per heavy atom. The summed E-state index contributed by atoms with van der Waals surface area (Å²) in [6, 6.07) is 6.06. The topological polar surface area (TPSA) is 120 Å². The van der Waals surface area contributed by atoms with Crippen molar-refractivity contribution in [3.8, 4) is 23.1 Å². The normalized spacial score (nSPS) is 20.4. The fourth-order valence-electron chi connectivity index (χ4n) is 5.40. The maximum atomic E-state index is 13.7. The molecule has 16 heteroatoms. The van der Waals surface area contributed by atoms with E-state index in [9.17, 15) is 4.39 Å². The van der Waals surface area contributed by atoms with Crippen molar-refractivity contribution < 1.29 is 27.1 Å². The fraction of sp³-hybridized carbons (Fsp3) is 0.615. The Morgan fingerprint density at radius 3 is 1.98 bits per heavy atom. The number of ether oxygens (including phenoxy) is 2. The SMILES string of the molecule is C=CCOc1nc(-n2cc(-c3ccc(F)cc3)nn2)nc2c1ncn2[C@@H]1O[C@H](CO[Si](C)(C)C(C)(C)C)[C@@H](O[Si](C)(C)C(C)(C)C)[C@H]1O[Si](C)(C)C(C)(C)C. The van der Waals surface area contributed by atoms with E-state index in [4.69, 9.17) is 37.7 Å². The molecule has 4 heterocycles. The van der Waals surface area contributed by atoms with Gasteiger partial charge in [0.2, 0.25) is 5.88 Å². The first-order chi connectivity index (χ1) is 25.3.